The minimum Gasteiger partial charge on any atom is -0.386 e. The van der Waals surface area contributed by atoms with Crippen molar-refractivity contribution >= 4 is 29.5 Å². The van der Waals surface area contributed by atoms with Crippen LogP contribution in [0.3, 0.4) is 0 Å². The third-order valence-corrected chi connectivity index (χ3v) is 4.66. The molecule has 0 saturated heterocycles. The van der Waals surface area contributed by atoms with E-state index in [0.717, 1.165) is 6.21 Å². The molecule has 0 saturated carbocycles. The molecular formula is C14H20F3NO3S2. The summed E-state index contributed by atoms with van der Waals surface area (Å²) < 4.78 is 60.0. The van der Waals surface area contributed by atoms with Gasteiger partial charge in [-0.2, -0.15) is 26.7 Å². The summed E-state index contributed by atoms with van der Waals surface area (Å²) in [6.45, 7) is 3.77. The first kappa shape index (κ1) is 21.8. The molecule has 0 N–H and O–H groups in total. The Morgan fingerprint density at radius 1 is 1.30 bits per heavy atom. The average molecular weight is 371 g/mol. The van der Waals surface area contributed by atoms with Crippen molar-refractivity contribution in [3.63, 3.8) is 0 Å². The Labute approximate surface area is 141 Å². The van der Waals surface area contributed by atoms with Gasteiger partial charge in [0.05, 0.1) is 16.9 Å². The first-order chi connectivity index (χ1) is 10.1. The molecule has 0 aliphatic rings. The zero-order chi connectivity index (χ0) is 17.0. The maximum atomic E-state index is 12.1. The first-order valence-electron chi connectivity index (χ1n) is 6.65. The van der Waals surface area contributed by atoms with Crippen LogP contribution < -0.4 is 0 Å². The quantitative estimate of drug-likeness (QED) is 0.567. The summed E-state index contributed by atoms with van der Waals surface area (Å²) >= 11 is 0. The molecule has 0 aliphatic heterocycles. The Balaban J connectivity index is 0.00000484. The highest BCUT2D eigenvalue weighted by molar-refractivity contribution is 7.91. The molecule has 132 valence electrons. The molecule has 1 aromatic rings. The molecule has 0 amide bonds. The Hall–Kier alpha value is -1.22. The summed E-state index contributed by atoms with van der Waals surface area (Å²) in [4.78, 5) is 4.30. The third kappa shape index (κ3) is 6.82. The van der Waals surface area contributed by atoms with Gasteiger partial charge in [-0.25, -0.2) is 8.42 Å². The molecule has 1 aromatic carbocycles. The fraction of sp³-hybridized carbons (Fsp3) is 0.500. The maximum Gasteiger partial charge on any atom is 0.425 e. The fourth-order valence-electron chi connectivity index (χ4n) is 1.74. The Bertz CT molecular complexity index is 641. The van der Waals surface area contributed by atoms with Crippen LogP contribution in [0.1, 0.15) is 37.8 Å². The van der Waals surface area contributed by atoms with Gasteiger partial charge in [0, 0.05) is 0 Å². The molecule has 1 rings (SSSR count). The van der Waals surface area contributed by atoms with Crippen molar-refractivity contribution < 1.29 is 26.4 Å². The van der Waals surface area contributed by atoms with Crippen LogP contribution in [0.2, 0.25) is 0 Å². The summed E-state index contributed by atoms with van der Waals surface area (Å²) in [6, 6.07) is 4.62. The first-order valence-corrected chi connectivity index (χ1v) is 8.31. The van der Waals surface area contributed by atoms with Gasteiger partial charge in [-0.1, -0.05) is 38.1 Å². The van der Waals surface area contributed by atoms with Gasteiger partial charge < -0.3 is 4.84 Å². The molecule has 0 heterocycles. The molecule has 0 radical (unpaired) electrons. The molecule has 0 bridgehead atoms. The summed E-state index contributed by atoms with van der Waals surface area (Å²) in [5, 5.41) is 3.21. The van der Waals surface area contributed by atoms with Crippen LogP contribution in [0.5, 0.6) is 0 Å². The third-order valence-electron chi connectivity index (χ3n) is 2.88. The van der Waals surface area contributed by atoms with E-state index in [1.807, 2.05) is 13.8 Å². The lowest BCUT2D eigenvalue weighted by molar-refractivity contribution is -0.173. The number of halogens is 3. The molecule has 0 unspecified atom stereocenters. The second-order valence-electron chi connectivity index (χ2n) is 4.98. The van der Waals surface area contributed by atoms with E-state index in [2.05, 4.69) is 9.99 Å². The SMILES string of the molecule is CCS(=O)(=O)c1cc(/C=N/OCC(F)(F)F)ccc1C(C)C.S. The summed E-state index contributed by atoms with van der Waals surface area (Å²) in [7, 11) is -3.43. The van der Waals surface area contributed by atoms with E-state index >= 15 is 0 Å². The zero-order valence-electron chi connectivity index (χ0n) is 13.0. The van der Waals surface area contributed by atoms with Gasteiger partial charge in [0.25, 0.3) is 0 Å². The highest BCUT2D eigenvalue weighted by Crippen LogP contribution is 2.25. The second-order valence-corrected chi connectivity index (χ2v) is 7.23. The number of oxime groups is 1. The van der Waals surface area contributed by atoms with Crippen molar-refractivity contribution in [3.05, 3.63) is 29.3 Å². The number of hydrogen-bond donors (Lipinski definition) is 0. The molecular weight excluding hydrogens is 351 g/mol. The van der Waals surface area contributed by atoms with E-state index in [9.17, 15) is 21.6 Å². The minimum absolute atomic E-state index is 0. The van der Waals surface area contributed by atoms with Crippen molar-refractivity contribution in [1.82, 2.24) is 0 Å². The van der Waals surface area contributed by atoms with E-state index in [1.54, 1.807) is 12.1 Å². The van der Waals surface area contributed by atoms with E-state index < -0.39 is 22.6 Å². The molecule has 0 fully saturated rings. The molecule has 0 aromatic heterocycles. The number of sulfone groups is 1. The predicted octanol–water partition coefficient (Wildman–Crippen LogP) is 3.63. The van der Waals surface area contributed by atoms with Gasteiger partial charge in [-0.05, 0) is 23.1 Å². The topological polar surface area (TPSA) is 55.7 Å². The van der Waals surface area contributed by atoms with E-state index in [1.165, 1.54) is 13.0 Å². The lowest BCUT2D eigenvalue weighted by Crippen LogP contribution is -2.14. The van der Waals surface area contributed by atoms with E-state index in [0.29, 0.717) is 11.1 Å². The number of hydrogen-bond acceptors (Lipinski definition) is 4. The van der Waals surface area contributed by atoms with Crippen molar-refractivity contribution in [1.29, 1.82) is 0 Å². The number of alkyl halides is 3. The fourth-order valence-corrected chi connectivity index (χ4v) is 3.03. The Morgan fingerprint density at radius 3 is 2.39 bits per heavy atom. The Kier molecular flexibility index (Phi) is 8.13. The summed E-state index contributed by atoms with van der Waals surface area (Å²) in [5.41, 5.74) is 1.02. The second kappa shape index (κ2) is 8.58. The van der Waals surface area contributed by atoms with Crippen LogP contribution in [0, 0.1) is 0 Å². The predicted molar refractivity (Wildman–Crippen MR) is 88.2 cm³/mol. The highest BCUT2D eigenvalue weighted by atomic mass is 32.2. The minimum atomic E-state index is -4.46. The molecule has 4 nitrogen and oxygen atoms in total. The number of benzene rings is 1. The maximum absolute atomic E-state index is 12.1. The van der Waals surface area contributed by atoms with Gasteiger partial charge in [0.1, 0.15) is 0 Å². The van der Waals surface area contributed by atoms with Gasteiger partial charge in [-0.3, -0.25) is 0 Å². The molecule has 0 spiro atoms. The van der Waals surface area contributed by atoms with Gasteiger partial charge in [0.15, 0.2) is 9.84 Å². The van der Waals surface area contributed by atoms with Crippen LogP contribution in [-0.2, 0) is 14.7 Å². The lowest BCUT2D eigenvalue weighted by atomic mass is 10.0. The zero-order valence-corrected chi connectivity index (χ0v) is 14.8. The van der Waals surface area contributed by atoms with E-state index in [-0.39, 0.29) is 30.1 Å². The van der Waals surface area contributed by atoms with Crippen LogP contribution >= 0.6 is 13.5 Å². The highest BCUT2D eigenvalue weighted by Gasteiger charge is 2.28. The monoisotopic (exact) mass is 371 g/mol. The molecule has 0 atom stereocenters. The smallest absolute Gasteiger partial charge is 0.386 e. The lowest BCUT2D eigenvalue weighted by Gasteiger charge is -2.13. The number of nitrogens with zero attached hydrogens (tertiary/aromatic N) is 1. The van der Waals surface area contributed by atoms with Crippen molar-refractivity contribution in [3.8, 4) is 0 Å². The largest absolute Gasteiger partial charge is 0.425 e. The normalized spacial score (nSPS) is 12.5. The molecule has 0 aliphatic carbocycles. The van der Waals surface area contributed by atoms with Crippen molar-refractivity contribution in [2.24, 2.45) is 5.16 Å². The van der Waals surface area contributed by atoms with Gasteiger partial charge in [0.2, 0.25) is 6.61 Å². The molecule has 9 heteroatoms. The van der Waals surface area contributed by atoms with Crippen molar-refractivity contribution in [2.75, 3.05) is 12.4 Å². The van der Waals surface area contributed by atoms with Crippen LogP contribution in [-0.4, -0.2) is 33.2 Å². The van der Waals surface area contributed by atoms with Crippen molar-refractivity contribution in [2.45, 2.75) is 37.8 Å². The molecule has 23 heavy (non-hydrogen) atoms. The average Bonchev–Trinajstić information content (AvgIpc) is 2.42. The van der Waals surface area contributed by atoms with Gasteiger partial charge >= 0.3 is 6.18 Å². The van der Waals surface area contributed by atoms with E-state index in [4.69, 9.17) is 0 Å². The number of rotatable bonds is 6. The van der Waals surface area contributed by atoms with Gasteiger partial charge in [-0.15, -0.1) is 0 Å². The van der Waals surface area contributed by atoms with Crippen LogP contribution in [0.4, 0.5) is 13.2 Å². The standard InChI is InChI=1S/C14H18F3NO3S.H2S/c1-4-22(19,20)13-7-11(5-6-12(13)10(2)3)8-18-21-9-14(15,16)17;/h5-8,10H,4,9H2,1-3H3;1H2/b18-8+;. The Morgan fingerprint density at radius 2 is 1.91 bits per heavy atom. The summed E-state index contributed by atoms with van der Waals surface area (Å²) in [6.07, 6.45) is -3.40. The van der Waals surface area contributed by atoms with Crippen LogP contribution in [0.25, 0.3) is 0 Å². The summed E-state index contributed by atoms with van der Waals surface area (Å²) in [5.74, 6) is -0.0541. The van der Waals surface area contributed by atoms with Crippen LogP contribution in [0.15, 0.2) is 28.3 Å².